The maximum atomic E-state index is 12.6. The van der Waals surface area contributed by atoms with Gasteiger partial charge >= 0.3 is 12.1 Å². The highest BCUT2D eigenvalue weighted by Gasteiger charge is 2.56. The van der Waals surface area contributed by atoms with Gasteiger partial charge in [0.25, 0.3) is 0 Å². The summed E-state index contributed by atoms with van der Waals surface area (Å²) in [4.78, 5) is 23.2. The third kappa shape index (κ3) is 3.63. The van der Waals surface area contributed by atoms with E-state index in [1.807, 2.05) is 6.08 Å². The largest absolute Gasteiger partial charge is 0.490 e. The zero-order chi connectivity index (χ0) is 19.0. The van der Waals surface area contributed by atoms with Crippen LogP contribution in [0.2, 0.25) is 0 Å². The van der Waals surface area contributed by atoms with Crippen molar-refractivity contribution in [3.63, 3.8) is 0 Å². The fraction of sp³-hybridized carbons (Fsp3) is 0.688. The van der Waals surface area contributed by atoms with Gasteiger partial charge in [0.2, 0.25) is 5.91 Å². The molecule has 0 radical (unpaired) electrons. The Labute approximate surface area is 143 Å². The van der Waals surface area contributed by atoms with Crippen LogP contribution in [0, 0.1) is 22.7 Å². The minimum absolute atomic E-state index is 0.0360. The number of nitriles is 1. The lowest BCUT2D eigenvalue weighted by Gasteiger charge is -2.44. The molecule has 3 N–H and O–H groups in total. The molecule has 1 saturated heterocycles. The van der Waals surface area contributed by atoms with E-state index >= 15 is 0 Å². The lowest BCUT2D eigenvalue weighted by molar-refractivity contribution is -0.192. The number of likely N-dealkylation sites (tertiary alicyclic amines) is 1. The van der Waals surface area contributed by atoms with Crippen LogP contribution in [0.25, 0.3) is 0 Å². The van der Waals surface area contributed by atoms with E-state index in [1.165, 1.54) is 0 Å². The van der Waals surface area contributed by atoms with Crippen LogP contribution in [0.5, 0.6) is 0 Å². The predicted molar refractivity (Wildman–Crippen MR) is 80.9 cm³/mol. The van der Waals surface area contributed by atoms with E-state index in [0.29, 0.717) is 5.92 Å². The number of nitrogens with two attached hydrogens (primary N) is 1. The van der Waals surface area contributed by atoms with Crippen LogP contribution < -0.4 is 5.73 Å². The Morgan fingerprint density at radius 1 is 1.40 bits per heavy atom. The molecule has 25 heavy (non-hydrogen) atoms. The number of alkyl halides is 3. The molecule has 1 aliphatic heterocycles. The number of rotatable bonds is 3. The molecule has 0 aromatic rings. The molecule has 0 aromatic carbocycles. The molecular weight excluding hydrogens is 339 g/mol. The van der Waals surface area contributed by atoms with Crippen molar-refractivity contribution in [2.45, 2.75) is 56.4 Å². The molecule has 1 heterocycles. The third-order valence-electron chi connectivity index (χ3n) is 5.33. The first-order chi connectivity index (χ1) is 11.6. The Kier molecular flexibility index (Phi) is 5.14. The van der Waals surface area contributed by atoms with Gasteiger partial charge < -0.3 is 15.7 Å². The van der Waals surface area contributed by atoms with E-state index in [1.54, 1.807) is 4.90 Å². The molecule has 0 spiro atoms. The number of piperidine rings is 1. The van der Waals surface area contributed by atoms with Crippen molar-refractivity contribution in [2.24, 2.45) is 17.1 Å². The van der Waals surface area contributed by atoms with Crippen LogP contribution in [0.4, 0.5) is 13.2 Å². The molecule has 1 amide bonds. The number of carboxylic acids is 1. The Hall–Kier alpha value is -2.08. The Morgan fingerprint density at radius 2 is 1.96 bits per heavy atom. The minimum atomic E-state index is -5.08. The van der Waals surface area contributed by atoms with Gasteiger partial charge in [-0.3, -0.25) is 4.79 Å². The van der Waals surface area contributed by atoms with Crippen LogP contribution in [0.3, 0.4) is 0 Å². The highest BCUT2D eigenvalue weighted by molar-refractivity contribution is 5.85. The molecule has 0 unspecified atom stereocenters. The number of nitrogens with zero attached hydrogens (tertiary/aromatic N) is 2. The third-order valence-corrected chi connectivity index (χ3v) is 5.33. The molecule has 9 heteroatoms. The number of hydrogen-bond acceptors (Lipinski definition) is 4. The van der Waals surface area contributed by atoms with Gasteiger partial charge in [0, 0.05) is 11.5 Å². The summed E-state index contributed by atoms with van der Waals surface area (Å²) in [7, 11) is 0. The van der Waals surface area contributed by atoms with Gasteiger partial charge in [-0.15, -0.1) is 6.58 Å². The number of aliphatic carboxylic acids is 1. The van der Waals surface area contributed by atoms with E-state index in [0.717, 1.165) is 32.1 Å². The average Bonchev–Trinajstić information content (AvgIpc) is 3.16. The molecule has 0 aromatic heterocycles. The zero-order valence-corrected chi connectivity index (χ0v) is 13.5. The van der Waals surface area contributed by atoms with Gasteiger partial charge in [-0.05, 0) is 31.6 Å². The van der Waals surface area contributed by atoms with Gasteiger partial charge in [0.15, 0.2) is 0 Å². The molecule has 2 aliphatic carbocycles. The second kappa shape index (κ2) is 6.67. The smallest absolute Gasteiger partial charge is 0.475 e. The Balaban J connectivity index is 0.000000277. The molecule has 3 fully saturated rings. The second-order valence-corrected chi connectivity index (χ2v) is 6.76. The number of carbonyl (C=O) groups is 2. The van der Waals surface area contributed by atoms with Crippen LogP contribution in [-0.4, -0.2) is 46.2 Å². The first-order valence-corrected chi connectivity index (χ1v) is 7.98. The summed E-state index contributed by atoms with van der Waals surface area (Å²) >= 11 is 0. The van der Waals surface area contributed by atoms with Crippen molar-refractivity contribution in [1.29, 1.82) is 5.26 Å². The van der Waals surface area contributed by atoms with E-state index in [2.05, 4.69) is 12.6 Å². The number of halogens is 3. The standard InChI is InChI=1S/C14H19N3O.C2HF3O2/c1-2-14(4-3-5-14)12(16)13(18)17-10(8-15)6-9-7-11(9)17;3-2(4,5)1(6)7/h2,9-12H,1,3-7,16H2;(H,6,7)/t9-,10+,11+,12-;/m1./s1. The monoisotopic (exact) mass is 359 g/mol. The summed E-state index contributed by atoms with van der Waals surface area (Å²) in [5, 5.41) is 16.3. The number of amides is 1. The maximum Gasteiger partial charge on any atom is 0.490 e. The van der Waals surface area contributed by atoms with E-state index < -0.39 is 18.2 Å². The highest BCUT2D eigenvalue weighted by Crippen LogP contribution is 2.50. The summed E-state index contributed by atoms with van der Waals surface area (Å²) in [6.07, 6.45) is 1.66. The summed E-state index contributed by atoms with van der Waals surface area (Å²) in [5.41, 5.74) is 5.96. The van der Waals surface area contributed by atoms with E-state index in [9.17, 15) is 18.0 Å². The van der Waals surface area contributed by atoms with Gasteiger partial charge in [0.1, 0.15) is 6.04 Å². The summed E-state index contributed by atoms with van der Waals surface area (Å²) in [5.74, 6) is -2.24. The van der Waals surface area contributed by atoms with Crippen molar-refractivity contribution in [2.75, 3.05) is 0 Å². The van der Waals surface area contributed by atoms with Crippen molar-refractivity contribution in [3.05, 3.63) is 12.7 Å². The molecule has 3 rings (SSSR count). The fourth-order valence-corrected chi connectivity index (χ4v) is 3.52. The summed E-state index contributed by atoms with van der Waals surface area (Å²) in [6, 6.07) is 1.76. The molecule has 138 valence electrons. The Bertz CT molecular complexity index is 610. The average molecular weight is 359 g/mol. The van der Waals surface area contributed by atoms with Gasteiger partial charge in [-0.25, -0.2) is 4.79 Å². The van der Waals surface area contributed by atoms with Crippen LogP contribution in [-0.2, 0) is 9.59 Å². The van der Waals surface area contributed by atoms with Crippen molar-refractivity contribution >= 4 is 11.9 Å². The molecule has 0 bridgehead atoms. The summed E-state index contributed by atoms with van der Waals surface area (Å²) < 4.78 is 31.7. The fourth-order valence-electron chi connectivity index (χ4n) is 3.52. The number of carbonyl (C=O) groups excluding carboxylic acids is 1. The SMILES string of the molecule is C=CC1([C@H](N)C(=O)N2[C@H](C#N)C[C@@H]3C[C@@H]32)CCC1.O=C(O)C(F)(F)F. The molecular formula is C16H20F3N3O3. The molecule has 6 nitrogen and oxygen atoms in total. The first-order valence-electron chi connectivity index (χ1n) is 7.98. The summed E-state index contributed by atoms with van der Waals surface area (Å²) in [6.45, 7) is 3.84. The maximum absolute atomic E-state index is 12.6. The quantitative estimate of drug-likeness (QED) is 0.748. The molecule has 4 atom stereocenters. The molecule has 2 saturated carbocycles. The number of hydrogen-bond donors (Lipinski definition) is 2. The number of carboxylic acid groups (broad SMARTS) is 1. The van der Waals surface area contributed by atoms with Gasteiger partial charge in [0.05, 0.1) is 12.1 Å². The predicted octanol–water partition coefficient (Wildman–Crippen LogP) is 1.82. The number of fused-ring (bicyclic) bond motifs is 1. The van der Waals surface area contributed by atoms with Crippen LogP contribution in [0.15, 0.2) is 12.7 Å². The van der Waals surface area contributed by atoms with Crippen LogP contribution >= 0.6 is 0 Å². The van der Waals surface area contributed by atoms with Gasteiger partial charge in [-0.2, -0.15) is 18.4 Å². The van der Waals surface area contributed by atoms with Gasteiger partial charge in [-0.1, -0.05) is 12.5 Å². The Morgan fingerprint density at radius 3 is 2.32 bits per heavy atom. The highest BCUT2D eigenvalue weighted by atomic mass is 19.4. The van der Waals surface area contributed by atoms with Crippen molar-refractivity contribution < 1.29 is 27.9 Å². The lowest BCUT2D eigenvalue weighted by Crippen LogP contribution is -2.56. The first kappa shape index (κ1) is 19.2. The van der Waals surface area contributed by atoms with E-state index in [-0.39, 0.29) is 23.4 Å². The topological polar surface area (TPSA) is 107 Å². The normalized spacial score (nSPS) is 29.9. The molecule has 3 aliphatic rings. The van der Waals surface area contributed by atoms with E-state index in [4.69, 9.17) is 20.9 Å². The van der Waals surface area contributed by atoms with Crippen molar-refractivity contribution in [3.8, 4) is 6.07 Å². The zero-order valence-electron chi connectivity index (χ0n) is 13.5. The van der Waals surface area contributed by atoms with Crippen LogP contribution in [0.1, 0.15) is 32.1 Å². The lowest BCUT2D eigenvalue weighted by atomic mass is 9.64. The van der Waals surface area contributed by atoms with Crippen molar-refractivity contribution in [1.82, 2.24) is 4.90 Å². The minimum Gasteiger partial charge on any atom is -0.475 e. The second-order valence-electron chi connectivity index (χ2n) is 6.76.